The highest BCUT2D eigenvalue weighted by atomic mass is 32.2. The molecular formula is C12H17NO5S. The van der Waals surface area contributed by atoms with Gasteiger partial charge >= 0.3 is 5.97 Å². The first-order chi connectivity index (χ1) is 8.84. The van der Waals surface area contributed by atoms with E-state index in [0.29, 0.717) is 5.57 Å². The van der Waals surface area contributed by atoms with Gasteiger partial charge in [0.2, 0.25) is 0 Å². The molecule has 1 fully saturated rings. The number of methoxy groups -OCH3 is 2. The van der Waals surface area contributed by atoms with E-state index in [1.54, 1.807) is 13.8 Å². The van der Waals surface area contributed by atoms with Gasteiger partial charge in [-0.2, -0.15) is 0 Å². The molecule has 0 spiro atoms. The Bertz CT molecular complexity index is 441. The van der Waals surface area contributed by atoms with E-state index in [4.69, 9.17) is 4.74 Å². The molecular weight excluding hydrogens is 270 g/mol. The van der Waals surface area contributed by atoms with Crippen LogP contribution in [0.1, 0.15) is 20.8 Å². The minimum atomic E-state index is -0.715. The average molecular weight is 287 g/mol. The summed E-state index contributed by atoms with van der Waals surface area (Å²) in [6.07, 6.45) is -0.715. The Morgan fingerprint density at radius 2 is 1.79 bits per heavy atom. The number of allylic oxidation sites excluding steroid dienone is 1. The lowest BCUT2D eigenvalue weighted by Crippen LogP contribution is -2.64. The molecule has 1 saturated heterocycles. The van der Waals surface area contributed by atoms with Crippen molar-refractivity contribution in [2.45, 2.75) is 32.2 Å². The predicted molar refractivity (Wildman–Crippen MR) is 70.1 cm³/mol. The van der Waals surface area contributed by atoms with Gasteiger partial charge in [-0.25, -0.2) is 4.79 Å². The maximum atomic E-state index is 12.0. The number of likely N-dealkylation sites (tertiary alicyclic amines) is 1. The summed E-state index contributed by atoms with van der Waals surface area (Å²) in [5, 5.41) is -0.679. The van der Waals surface area contributed by atoms with E-state index in [1.807, 2.05) is 0 Å². The third-order valence-corrected chi connectivity index (χ3v) is 3.66. The van der Waals surface area contributed by atoms with Gasteiger partial charge in [0.05, 0.1) is 7.11 Å². The predicted octanol–water partition coefficient (Wildman–Crippen LogP) is 0.916. The second-order valence-corrected chi connectivity index (χ2v) is 5.50. The van der Waals surface area contributed by atoms with Crippen molar-refractivity contribution in [3.63, 3.8) is 0 Å². The van der Waals surface area contributed by atoms with Crippen LogP contribution in [0.5, 0.6) is 0 Å². The largest absolute Gasteiger partial charge is 0.464 e. The van der Waals surface area contributed by atoms with Crippen LogP contribution in [0.2, 0.25) is 0 Å². The number of amides is 1. The number of ether oxygens (including phenoxy) is 2. The molecule has 0 saturated carbocycles. The van der Waals surface area contributed by atoms with Crippen molar-refractivity contribution >= 4 is 28.8 Å². The third-order valence-electron chi connectivity index (χ3n) is 2.63. The van der Waals surface area contributed by atoms with E-state index >= 15 is 0 Å². The maximum Gasteiger partial charge on any atom is 0.354 e. The summed E-state index contributed by atoms with van der Waals surface area (Å²) in [6, 6.07) is 0. The Labute approximate surface area is 116 Å². The highest BCUT2D eigenvalue weighted by Gasteiger charge is 2.52. The minimum absolute atomic E-state index is 0.150. The number of hydrogen-bond donors (Lipinski definition) is 0. The molecule has 2 atom stereocenters. The smallest absolute Gasteiger partial charge is 0.354 e. The quantitative estimate of drug-likeness (QED) is 0.435. The molecule has 1 aliphatic heterocycles. The molecule has 0 aliphatic carbocycles. The topological polar surface area (TPSA) is 72.9 Å². The van der Waals surface area contributed by atoms with E-state index in [1.165, 1.54) is 26.0 Å². The molecule has 0 bridgehead atoms. The zero-order chi connectivity index (χ0) is 14.7. The molecule has 0 aromatic rings. The van der Waals surface area contributed by atoms with Crippen LogP contribution in [0.15, 0.2) is 11.3 Å². The third kappa shape index (κ3) is 2.98. The Morgan fingerprint density at radius 1 is 1.21 bits per heavy atom. The molecule has 1 heterocycles. The Balaban J connectivity index is 3.08. The van der Waals surface area contributed by atoms with E-state index < -0.39 is 17.4 Å². The number of carbonyl (C=O) groups excluding carboxylic acids is 3. The Kier molecular flexibility index (Phi) is 5.13. The van der Waals surface area contributed by atoms with Gasteiger partial charge in [-0.1, -0.05) is 11.8 Å². The molecule has 7 heteroatoms. The zero-order valence-electron chi connectivity index (χ0n) is 11.6. The fourth-order valence-electron chi connectivity index (χ4n) is 1.82. The summed E-state index contributed by atoms with van der Waals surface area (Å²) in [5.41, 5.74) is 0.809. The Hall–Kier alpha value is -1.34. The van der Waals surface area contributed by atoms with Crippen LogP contribution in [-0.4, -0.2) is 47.6 Å². The normalized spacial score (nSPS) is 21.7. The SMILES string of the molecule is COC(=O)C(=C(C)C)N1C(=O)[C@H](OC)[C@H]1SC(C)=O. The van der Waals surface area contributed by atoms with Gasteiger partial charge in [-0.05, 0) is 19.4 Å². The molecule has 6 nitrogen and oxygen atoms in total. The first-order valence-corrected chi connectivity index (χ1v) is 6.52. The lowest BCUT2D eigenvalue weighted by Gasteiger charge is -2.45. The zero-order valence-corrected chi connectivity index (χ0v) is 12.4. The summed E-state index contributed by atoms with van der Waals surface area (Å²) < 4.78 is 9.72. The number of thioether (sulfide) groups is 1. The van der Waals surface area contributed by atoms with E-state index in [-0.39, 0.29) is 16.7 Å². The summed E-state index contributed by atoms with van der Waals surface area (Å²) >= 11 is 0.959. The highest BCUT2D eigenvalue weighted by Crippen LogP contribution is 2.36. The summed E-state index contributed by atoms with van der Waals surface area (Å²) in [4.78, 5) is 36.2. The number of hydrogen-bond acceptors (Lipinski definition) is 6. The van der Waals surface area contributed by atoms with Gasteiger partial charge in [0.15, 0.2) is 11.2 Å². The summed E-state index contributed by atoms with van der Waals surface area (Å²) in [5.74, 6) is -0.945. The number of carbonyl (C=O) groups is 3. The lowest BCUT2D eigenvalue weighted by atomic mass is 10.1. The first kappa shape index (κ1) is 15.7. The van der Waals surface area contributed by atoms with Crippen molar-refractivity contribution in [1.29, 1.82) is 0 Å². The van der Waals surface area contributed by atoms with Gasteiger partial charge in [-0.3, -0.25) is 14.5 Å². The van der Waals surface area contributed by atoms with Crippen molar-refractivity contribution in [1.82, 2.24) is 4.90 Å². The van der Waals surface area contributed by atoms with E-state index in [0.717, 1.165) is 11.8 Å². The van der Waals surface area contributed by atoms with Gasteiger partial charge < -0.3 is 9.47 Å². The van der Waals surface area contributed by atoms with Gasteiger partial charge in [0.25, 0.3) is 5.91 Å². The van der Waals surface area contributed by atoms with Gasteiger partial charge in [0, 0.05) is 14.0 Å². The van der Waals surface area contributed by atoms with Gasteiger partial charge in [0.1, 0.15) is 11.1 Å². The second-order valence-electron chi connectivity index (χ2n) is 4.20. The highest BCUT2D eigenvalue weighted by molar-refractivity contribution is 8.14. The molecule has 19 heavy (non-hydrogen) atoms. The van der Waals surface area contributed by atoms with Crippen LogP contribution in [0.3, 0.4) is 0 Å². The van der Waals surface area contributed by atoms with Crippen LogP contribution in [0.25, 0.3) is 0 Å². The maximum absolute atomic E-state index is 12.0. The average Bonchev–Trinajstić information content (AvgIpc) is 2.33. The summed E-state index contributed by atoms with van der Waals surface area (Å²) in [7, 11) is 2.64. The number of nitrogens with zero attached hydrogens (tertiary/aromatic N) is 1. The fourth-order valence-corrected chi connectivity index (χ4v) is 2.82. The number of β-lactam (4-membered cyclic amide) rings is 1. The molecule has 0 unspecified atom stereocenters. The van der Waals surface area contributed by atoms with E-state index in [2.05, 4.69) is 4.74 Å². The van der Waals surface area contributed by atoms with Crippen molar-refractivity contribution in [2.75, 3.05) is 14.2 Å². The molecule has 1 aliphatic rings. The van der Waals surface area contributed by atoms with Crippen molar-refractivity contribution in [2.24, 2.45) is 0 Å². The standard InChI is InChI=1S/C12H17NO5S/c1-6(2)8(12(16)18-5)13-10(15)9(17-4)11(13)19-7(3)14/h9,11H,1-5H3/t9-,11+/m0/s1. The van der Waals surface area contributed by atoms with Crippen LogP contribution in [0.4, 0.5) is 0 Å². The molecule has 0 aromatic carbocycles. The van der Waals surface area contributed by atoms with Crippen LogP contribution in [0, 0.1) is 0 Å². The van der Waals surface area contributed by atoms with Crippen molar-refractivity contribution < 1.29 is 23.9 Å². The minimum Gasteiger partial charge on any atom is -0.464 e. The molecule has 106 valence electrons. The molecule has 0 N–H and O–H groups in total. The number of esters is 1. The second kappa shape index (κ2) is 6.21. The Morgan fingerprint density at radius 3 is 2.16 bits per heavy atom. The summed E-state index contributed by atoms with van der Waals surface area (Å²) in [6.45, 7) is 4.81. The van der Waals surface area contributed by atoms with Crippen LogP contribution < -0.4 is 0 Å². The van der Waals surface area contributed by atoms with Crippen LogP contribution in [-0.2, 0) is 23.9 Å². The van der Waals surface area contributed by atoms with Crippen LogP contribution >= 0.6 is 11.8 Å². The molecule has 0 aromatic heterocycles. The molecule has 0 radical (unpaired) electrons. The lowest BCUT2D eigenvalue weighted by molar-refractivity contribution is -0.162. The van der Waals surface area contributed by atoms with E-state index in [9.17, 15) is 14.4 Å². The van der Waals surface area contributed by atoms with Gasteiger partial charge in [-0.15, -0.1) is 0 Å². The fraction of sp³-hybridized carbons (Fsp3) is 0.583. The molecule has 1 rings (SSSR count). The monoisotopic (exact) mass is 287 g/mol. The molecule has 1 amide bonds. The van der Waals surface area contributed by atoms with Crippen molar-refractivity contribution in [3.8, 4) is 0 Å². The first-order valence-electron chi connectivity index (χ1n) is 5.64. The number of rotatable bonds is 4. The van der Waals surface area contributed by atoms with Crippen molar-refractivity contribution in [3.05, 3.63) is 11.3 Å².